The molecule has 1 aliphatic carbocycles. The zero-order valence-corrected chi connectivity index (χ0v) is 14.7. The Labute approximate surface area is 142 Å². The van der Waals surface area contributed by atoms with E-state index in [1.807, 2.05) is 12.5 Å². The number of nitrogens with zero attached hydrogens (tertiary/aromatic N) is 4. The van der Waals surface area contributed by atoms with E-state index in [0.717, 1.165) is 42.6 Å². The molecule has 0 spiro atoms. The van der Waals surface area contributed by atoms with Crippen molar-refractivity contribution in [1.29, 1.82) is 0 Å². The van der Waals surface area contributed by atoms with Gasteiger partial charge in [0.15, 0.2) is 5.16 Å². The molecule has 1 saturated heterocycles. The molecule has 4 rings (SSSR count). The Bertz CT molecular complexity index is 578. The van der Waals surface area contributed by atoms with Gasteiger partial charge < -0.3 is 14.8 Å². The fourth-order valence-electron chi connectivity index (χ4n) is 4.71. The molecule has 1 aromatic rings. The Hall–Kier alpha value is -0.850. The molecule has 0 bridgehead atoms. The third-order valence-electron chi connectivity index (χ3n) is 5.72. The maximum absolute atomic E-state index is 13.6. The van der Waals surface area contributed by atoms with E-state index in [4.69, 9.17) is 4.98 Å². The van der Waals surface area contributed by atoms with E-state index in [-0.39, 0.29) is 4.65 Å². The molecule has 3 aliphatic rings. The van der Waals surface area contributed by atoms with Crippen LogP contribution in [0.4, 0.5) is 5.82 Å². The van der Waals surface area contributed by atoms with E-state index in [0.29, 0.717) is 18.5 Å². The summed E-state index contributed by atoms with van der Waals surface area (Å²) in [4.78, 5) is 11.6. The Balaban J connectivity index is 1.66. The van der Waals surface area contributed by atoms with Crippen molar-refractivity contribution in [2.45, 2.75) is 56.3 Å². The first-order valence-electron chi connectivity index (χ1n) is 8.90. The van der Waals surface area contributed by atoms with Crippen LogP contribution in [-0.4, -0.2) is 46.5 Å². The summed E-state index contributed by atoms with van der Waals surface area (Å²) in [5, 5.41) is 14.4. The van der Waals surface area contributed by atoms with E-state index in [2.05, 4.69) is 9.88 Å². The van der Waals surface area contributed by atoms with Gasteiger partial charge in [0.25, 0.3) is 0 Å². The lowest BCUT2D eigenvalue weighted by molar-refractivity contribution is -0.897. The molecule has 1 saturated carbocycles. The second kappa shape index (κ2) is 6.22. The van der Waals surface area contributed by atoms with Crippen molar-refractivity contribution in [3.05, 3.63) is 17.0 Å². The number of hydroxylamine groups is 3. The summed E-state index contributed by atoms with van der Waals surface area (Å²) in [5.74, 6) is 1.66. The molecule has 6 heteroatoms. The second-order valence-electron chi connectivity index (χ2n) is 7.43. The zero-order valence-electron chi connectivity index (χ0n) is 13.9. The van der Waals surface area contributed by atoms with Crippen LogP contribution in [-0.2, 0) is 6.54 Å². The van der Waals surface area contributed by atoms with Crippen molar-refractivity contribution in [3.8, 4) is 0 Å². The summed E-state index contributed by atoms with van der Waals surface area (Å²) in [5.41, 5.74) is 1.06. The molecule has 2 fully saturated rings. The molecule has 0 aromatic carbocycles. The Morgan fingerprint density at radius 3 is 2.91 bits per heavy atom. The molecule has 0 amide bonds. The number of thioether (sulfide) groups is 1. The lowest BCUT2D eigenvalue weighted by Crippen LogP contribution is -2.50. The summed E-state index contributed by atoms with van der Waals surface area (Å²) in [6.45, 7) is 3.09. The van der Waals surface area contributed by atoms with Gasteiger partial charge >= 0.3 is 0 Å². The van der Waals surface area contributed by atoms with Crippen molar-refractivity contribution in [3.63, 3.8) is 0 Å². The van der Waals surface area contributed by atoms with Gasteiger partial charge in [-0.25, -0.2) is 9.97 Å². The summed E-state index contributed by atoms with van der Waals surface area (Å²) < 4.78 is -0.0686. The van der Waals surface area contributed by atoms with Crippen LogP contribution < -0.4 is 4.90 Å². The molecule has 1 aromatic heterocycles. The third-order valence-corrected chi connectivity index (χ3v) is 6.28. The Morgan fingerprint density at radius 2 is 2.13 bits per heavy atom. The van der Waals surface area contributed by atoms with E-state index in [1.165, 1.54) is 32.1 Å². The van der Waals surface area contributed by atoms with Crippen LogP contribution in [0.3, 0.4) is 0 Å². The number of hydrogen-bond acceptors (Lipinski definition) is 5. The van der Waals surface area contributed by atoms with E-state index >= 15 is 0 Å². The number of fused-ring (bicyclic) bond motifs is 3. The maximum atomic E-state index is 13.6. The zero-order chi connectivity index (χ0) is 15.9. The monoisotopic (exact) mass is 334 g/mol. The molecule has 5 nitrogen and oxygen atoms in total. The van der Waals surface area contributed by atoms with Gasteiger partial charge in [-0.1, -0.05) is 24.6 Å². The molecule has 1 unspecified atom stereocenters. The van der Waals surface area contributed by atoms with Crippen LogP contribution >= 0.6 is 11.8 Å². The van der Waals surface area contributed by atoms with E-state index < -0.39 is 0 Å². The van der Waals surface area contributed by atoms with Crippen LogP contribution in [0.1, 0.15) is 44.1 Å². The van der Waals surface area contributed by atoms with Crippen LogP contribution in [0.2, 0.25) is 0 Å². The van der Waals surface area contributed by atoms with Crippen LogP contribution in [0.5, 0.6) is 0 Å². The highest BCUT2D eigenvalue weighted by Gasteiger charge is 2.39. The highest BCUT2D eigenvalue weighted by atomic mass is 32.2. The Morgan fingerprint density at radius 1 is 1.30 bits per heavy atom. The first kappa shape index (κ1) is 15.7. The average Bonchev–Trinajstić information content (AvgIpc) is 3.17. The van der Waals surface area contributed by atoms with Gasteiger partial charge in [-0.15, -0.1) is 0 Å². The molecule has 0 N–H and O–H groups in total. The summed E-state index contributed by atoms with van der Waals surface area (Å²) in [7, 11) is 0. The smallest absolute Gasteiger partial charge is 0.189 e. The molecule has 2 aliphatic heterocycles. The van der Waals surface area contributed by atoms with Crippen LogP contribution in [0.25, 0.3) is 0 Å². The average molecular weight is 334 g/mol. The summed E-state index contributed by atoms with van der Waals surface area (Å²) >= 11 is 1.58. The van der Waals surface area contributed by atoms with Gasteiger partial charge in [0.05, 0.1) is 24.7 Å². The van der Waals surface area contributed by atoms with Gasteiger partial charge in [-0.2, -0.15) is 0 Å². The SMILES string of the molecule is CSc1ncc2c(n1)N1CCC[C@H]1C[N+]([O-])(CC1CCCC1)C2. The number of rotatable bonds is 3. The minimum atomic E-state index is -0.0686. The molecule has 23 heavy (non-hydrogen) atoms. The first-order chi connectivity index (χ1) is 11.2. The molecular formula is C17H26N4OS. The summed E-state index contributed by atoms with van der Waals surface area (Å²) in [6.07, 6.45) is 11.3. The minimum Gasteiger partial charge on any atom is -0.632 e. The van der Waals surface area contributed by atoms with Gasteiger partial charge in [0.2, 0.25) is 0 Å². The lowest BCUT2D eigenvalue weighted by atomic mass is 10.1. The van der Waals surface area contributed by atoms with Gasteiger partial charge in [0, 0.05) is 18.7 Å². The van der Waals surface area contributed by atoms with Gasteiger partial charge in [-0.05, 0) is 31.9 Å². The minimum absolute atomic E-state index is 0.0686. The lowest BCUT2D eigenvalue weighted by Gasteiger charge is -2.45. The third kappa shape index (κ3) is 3.08. The fourth-order valence-corrected chi connectivity index (χ4v) is 5.04. The molecule has 126 valence electrons. The molecule has 0 radical (unpaired) electrons. The molecule has 3 heterocycles. The molecule has 2 atom stereocenters. The van der Waals surface area contributed by atoms with Crippen LogP contribution in [0, 0.1) is 11.1 Å². The predicted molar refractivity (Wildman–Crippen MR) is 93.2 cm³/mol. The van der Waals surface area contributed by atoms with Crippen molar-refractivity contribution < 1.29 is 4.65 Å². The van der Waals surface area contributed by atoms with Crippen LogP contribution in [0.15, 0.2) is 11.4 Å². The van der Waals surface area contributed by atoms with Gasteiger partial charge in [-0.3, -0.25) is 0 Å². The number of anilines is 1. The normalized spacial score (nSPS) is 31.0. The van der Waals surface area contributed by atoms with Crippen molar-refractivity contribution >= 4 is 17.6 Å². The standard InChI is InChI=1S/C17H26N4OS/c1-23-17-18-9-14-11-21(22,10-13-5-2-3-6-13)12-15-7-4-8-20(15)16(14)19-17/h9,13,15H,2-8,10-12H2,1H3/t15-,21?/m0/s1. The highest BCUT2D eigenvalue weighted by Crippen LogP contribution is 2.37. The molecular weight excluding hydrogens is 308 g/mol. The highest BCUT2D eigenvalue weighted by molar-refractivity contribution is 7.98. The fraction of sp³-hybridized carbons (Fsp3) is 0.765. The number of aromatic nitrogens is 2. The Kier molecular flexibility index (Phi) is 4.24. The summed E-state index contributed by atoms with van der Waals surface area (Å²) in [6, 6.07) is 0.361. The van der Waals surface area contributed by atoms with E-state index in [1.54, 1.807) is 11.8 Å². The van der Waals surface area contributed by atoms with Crippen molar-refractivity contribution in [1.82, 2.24) is 9.97 Å². The number of quaternary nitrogens is 1. The van der Waals surface area contributed by atoms with E-state index in [9.17, 15) is 5.21 Å². The van der Waals surface area contributed by atoms with Crippen molar-refractivity contribution in [2.75, 3.05) is 30.8 Å². The topological polar surface area (TPSA) is 52.1 Å². The van der Waals surface area contributed by atoms with Crippen molar-refractivity contribution in [2.24, 2.45) is 5.92 Å². The number of hydrogen-bond donors (Lipinski definition) is 0. The van der Waals surface area contributed by atoms with Gasteiger partial charge in [0.1, 0.15) is 12.4 Å². The quantitative estimate of drug-likeness (QED) is 0.368. The predicted octanol–water partition coefficient (Wildman–Crippen LogP) is 3.19. The maximum Gasteiger partial charge on any atom is 0.189 e. The first-order valence-corrected chi connectivity index (χ1v) is 10.1. The largest absolute Gasteiger partial charge is 0.632 e. The second-order valence-corrected chi connectivity index (χ2v) is 8.20.